The Morgan fingerprint density at radius 3 is 2.52 bits per heavy atom. The van der Waals surface area contributed by atoms with Crippen molar-refractivity contribution in [2.24, 2.45) is 0 Å². The summed E-state index contributed by atoms with van der Waals surface area (Å²) in [6.45, 7) is 0. The van der Waals surface area contributed by atoms with Gasteiger partial charge in [0.1, 0.15) is 0 Å². The van der Waals surface area contributed by atoms with Gasteiger partial charge in [0.05, 0.1) is 16.0 Å². The zero-order valence-electron chi connectivity index (χ0n) is 10.8. The summed E-state index contributed by atoms with van der Waals surface area (Å²) in [6, 6.07) is 14.4. The second-order valence-electron chi connectivity index (χ2n) is 4.27. The molecule has 3 rings (SSSR count). The topological polar surface area (TPSA) is 71.8 Å². The number of thioether (sulfide) groups is 1. The number of aromatic amines is 1. The smallest absolute Gasteiger partial charge is 0.269 e. The molecule has 0 fully saturated rings. The number of halogens is 1. The molecule has 108 valence electrons. The van der Waals surface area contributed by atoms with Crippen molar-refractivity contribution in [1.82, 2.24) is 9.97 Å². The Balaban J connectivity index is 0.00000161. The summed E-state index contributed by atoms with van der Waals surface area (Å²) in [5.41, 5.74) is 3.10. The van der Waals surface area contributed by atoms with Crippen molar-refractivity contribution in [2.75, 3.05) is 0 Å². The molecule has 2 aromatic carbocycles. The monoisotopic (exact) mass is 364 g/mol. The van der Waals surface area contributed by atoms with Gasteiger partial charge < -0.3 is 22.0 Å². The van der Waals surface area contributed by atoms with Gasteiger partial charge in [-0.05, 0) is 17.7 Å². The molecule has 0 saturated heterocycles. The highest BCUT2D eigenvalue weighted by Crippen LogP contribution is 2.23. The first-order chi connectivity index (χ1) is 9.72. The molecule has 1 heterocycles. The van der Waals surface area contributed by atoms with Crippen LogP contribution in [0.5, 0.6) is 0 Å². The van der Waals surface area contributed by atoms with E-state index in [-0.39, 0.29) is 22.7 Å². The fourth-order valence-electron chi connectivity index (χ4n) is 1.86. The molecule has 0 bridgehead atoms. The average molecular weight is 365 g/mol. The summed E-state index contributed by atoms with van der Waals surface area (Å²) in [7, 11) is 0. The van der Waals surface area contributed by atoms with Crippen LogP contribution >= 0.6 is 11.8 Å². The van der Waals surface area contributed by atoms with Crippen molar-refractivity contribution < 1.29 is 21.9 Å². The Hall–Kier alpha value is -1.86. The Labute approximate surface area is 135 Å². The van der Waals surface area contributed by atoms with Crippen LogP contribution in [0.15, 0.2) is 53.7 Å². The van der Waals surface area contributed by atoms with Crippen molar-refractivity contribution in [2.45, 2.75) is 10.9 Å². The van der Waals surface area contributed by atoms with Crippen LogP contribution in [0.3, 0.4) is 0 Å². The number of rotatable bonds is 4. The van der Waals surface area contributed by atoms with Gasteiger partial charge in [0.25, 0.3) is 5.69 Å². The predicted octanol–water partition coefficient (Wildman–Crippen LogP) is 0.767. The molecule has 1 N–H and O–H groups in total. The predicted molar refractivity (Wildman–Crippen MR) is 78.8 cm³/mol. The molecule has 0 aliphatic rings. The van der Waals surface area contributed by atoms with Crippen LogP contribution < -0.4 is 17.0 Å². The Morgan fingerprint density at radius 1 is 1.14 bits per heavy atom. The quantitative estimate of drug-likeness (QED) is 0.421. The van der Waals surface area contributed by atoms with Crippen molar-refractivity contribution in [3.8, 4) is 0 Å². The van der Waals surface area contributed by atoms with Gasteiger partial charge in [-0.1, -0.05) is 36.0 Å². The Kier molecular flexibility index (Phi) is 4.98. The largest absolute Gasteiger partial charge is 1.00 e. The molecule has 0 amide bonds. The van der Waals surface area contributed by atoms with Crippen molar-refractivity contribution in [3.63, 3.8) is 0 Å². The van der Waals surface area contributed by atoms with E-state index in [1.54, 1.807) is 23.9 Å². The molecule has 7 heteroatoms. The Bertz CT molecular complexity index is 725. The van der Waals surface area contributed by atoms with Crippen molar-refractivity contribution in [1.29, 1.82) is 0 Å². The molecule has 0 aliphatic carbocycles. The van der Waals surface area contributed by atoms with Crippen LogP contribution in [0.4, 0.5) is 5.69 Å². The van der Waals surface area contributed by atoms with Gasteiger partial charge in [-0.15, -0.1) is 0 Å². The molecule has 0 saturated carbocycles. The third kappa shape index (κ3) is 3.62. The van der Waals surface area contributed by atoms with Crippen LogP contribution in [0.1, 0.15) is 5.56 Å². The van der Waals surface area contributed by atoms with E-state index in [4.69, 9.17) is 0 Å². The molecule has 0 unspecified atom stereocenters. The van der Waals surface area contributed by atoms with E-state index < -0.39 is 4.92 Å². The number of non-ortho nitro benzene ring substituents is 1. The van der Waals surface area contributed by atoms with Gasteiger partial charge in [0.2, 0.25) is 0 Å². The number of para-hydroxylation sites is 2. The van der Waals surface area contributed by atoms with E-state index in [0.29, 0.717) is 0 Å². The number of imidazole rings is 1. The molecule has 0 atom stereocenters. The molecule has 0 radical (unpaired) electrons. The molecule has 21 heavy (non-hydrogen) atoms. The first kappa shape index (κ1) is 15.5. The van der Waals surface area contributed by atoms with Crippen LogP contribution in [0.2, 0.25) is 0 Å². The lowest BCUT2D eigenvalue weighted by Gasteiger charge is -1.98. The standard InChI is InChI=1S/C14H11N3O2S.BrH/c18-17(19)11-7-5-10(6-8-11)9-20-14-15-12-3-1-2-4-13(12)16-14;/h1-8H,9H2,(H,15,16);1H/p-1. The second kappa shape index (κ2) is 6.73. The molecule has 5 nitrogen and oxygen atoms in total. The Morgan fingerprint density at radius 2 is 1.86 bits per heavy atom. The van der Waals surface area contributed by atoms with E-state index in [1.165, 1.54) is 12.1 Å². The number of nitrogens with one attached hydrogen (secondary N) is 1. The zero-order valence-corrected chi connectivity index (χ0v) is 13.2. The van der Waals surface area contributed by atoms with E-state index >= 15 is 0 Å². The van der Waals surface area contributed by atoms with E-state index in [1.807, 2.05) is 24.3 Å². The summed E-state index contributed by atoms with van der Waals surface area (Å²) in [5, 5.41) is 11.4. The number of hydrogen-bond donors (Lipinski definition) is 1. The van der Waals surface area contributed by atoms with Gasteiger partial charge in [-0.25, -0.2) is 4.98 Å². The highest BCUT2D eigenvalue weighted by Gasteiger charge is 2.06. The minimum absolute atomic E-state index is 0. The lowest BCUT2D eigenvalue weighted by molar-refractivity contribution is -0.384. The minimum atomic E-state index is -0.393. The number of nitrogens with zero attached hydrogens (tertiary/aromatic N) is 2. The number of fused-ring (bicyclic) bond motifs is 1. The molecular formula is C14H11BrN3O2S-. The van der Waals surface area contributed by atoms with E-state index in [0.717, 1.165) is 27.5 Å². The van der Waals surface area contributed by atoms with Gasteiger partial charge in [0.15, 0.2) is 5.16 Å². The molecule has 3 aromatic rings. The SMILES string of the molecule is O=[N+]([O-])c1ccc(CSc2nc3ccccc3[nH]2)cc1.[Br-]. The number of nitro benzene ring substituents is 1. The van der Waals surface area contributed by atoms with E-state index in [2.05, 4.69) is 9.97 Å². The summed E-state index contributed by atoms with van der Waals surface area (Å²) >= 11 is 1.58. The average Bonchev–Trinajstić information content (AvgIpc) is 2.88. The maximum absolute atomic E-state index is 10.6. The van der Waals surface area contributed by atoms with Crippen molar-refractivity contribution in [3.05, 3.63) is 64.2 Å². The number of hydrogen-bond acceptors (Lipinski definition) is 4. The second-order valence-corrected chi connectivity index (χ2v) is 5.24. The molecule has 0 spiro atoms. The lowest BCUT2D eigenvalue weighted by atomic mass is 10.2. The van der Waals surface area contributed by atoms with Gasteiger partial charge >= 0.3 is 0 Å². The summed E-state index contributed by atoms with van der Waals surface area (Å²) in [6.07, 6.45) is 0. The fraction of sp³-hybridized carbons (Fsp3) is 0.0714. The van der Waals surface area contributed by atoms with Crippen LogP contribution in [0.25, 0.3) is 11.0 Å². The maximum atomic E-state index is 10.6. The summed E-state index contributed by atoms with van der Waals surface area (Å²) < 4.78 is 0. The van der Waals surface area contributed by atoms with Gasteiger partial charge in [0, 0.05) is 17.9 Å². The van der Waals surface area contributed by atoms with Crippen LogP contribution in [0, 0.1) is 10.1 Å². The molecular weight excluding hydrogens is 354 g/mol. The normalized spacial score (nSPS) is 10.3. The molecule has 1 aromatic heterocycles. The maximum Gasteiger partial charge on any atom is 0.269 e. The van der Waals surface area contributed by atoms with Gasteiger partial charge in [-0.2, -0.15) is 0 Å². The van der Waals surface area contributed by atoms with E-state index in [9.17, 15) is 10.1 Å². The summed E-state index contributed by atoms with van der Waals surface area (Å²) in [4.78, 5) is 17.9. The third-order valence-electron chi connectivity index (χ3n) is 2.89. The first-order valence-corrected chi connectivity index (χ1v) is 7.02. The zero-order chi connectivity index (χ0) is 13.9. The highest BCUT2D eigenvalue weighted by molar-refractivity contribution is 7.98. The number of nitro groups is 1. The molecule has 0 aliphatic heterocycles. The summed E-state index contributed by atoms with van der Waals surface area (Å²) in [5.74, 6) is 0.720. The number of aromatic nitrogens is 2. The van der Waals surface area contributed by atoms with Crippen LogP contribution in [-0.4, -0.2) is 14.9 Å². The van der Waals surface area contributed by atoms with Crippen LogP contribution in [-0.2, 0) is 5.75 Å². The minimum Gasteiger partial charge on any atom is -1.00 e. The van der Waals surface area contributed by atoms with Gasteiger partial charge in [-0.3, -0.25) is 10.1 Å². The fourth-order valence-corrected chi connectivity index (χ4v) is 2.70. The third-order valence-corrected chi connectivity index (χ3v) is 3.83. The number of H-pyrrole nitrogens is 1. The first-order valence-electron chi connectivity index (χ1n) is 6.03. The lowest BCUT2D eigenvalue weighted by Crippen LogP contribution is -3.00. The number of benzene rings is 2. The highest BCUT2D eigenvalue weighted by atomic mass is 79.9. The van der Waals surface area contributed by atoms with Crippen molar-refractivity contribution >= 4 is 28.5 Å².